The summed E-state index contributed by atoms with van der Waals surface area (Å²) in [5, 5.41) is 6.01. The Hall–Kier alpha value is -0.730. The standard InChI is InChI=1S/C13H26N2O/c1-3-5-9-14-13(16)15-12-8-6-7-11(4-2)10-12/h11-12H,3-10H2,1-2H3,(H2,14,15,16). The van der Waals surface area contributed by atoms with Crippen LogP contribution in [-0.4, -0.2) is 18.6 Å². The minimum atomic E-state index is 0.0233. The van der Waals surface area contributed by atoms with E-state index in [1.54, 1.807) is 0 Å². The molecule has 0 radical (unpaired) electrons. The molecule has 94 valence electrons. The van der Waals surface area contributed by atoms with Gasteiger partial charge in [-0.1, -0.05) is 39.5 Å². The van der Waals surface area contributed by atoms with Gasteiger partial charge in [-0.2, -0.15) is 0 Å². The number of amides is 2. The molecule has 1 saturated carbocycles. The molecule has 2 unspecified atom stereocenters. The Balaban J connectivity index is 2.17. The largest absolute Gasteiger partial charge is 0.338 e. The third kappa shape index (κ3) is 4.86. The van der Waals surface area contributed by atoms with E-state index in [2.05, 4.69) is 24.5 Å². The van der Waals surface area contributed by atoms with Crippen LogP contribution in [0.3, 0.4) is 0 Å². The topological polar surface area (TPSA) is 41.1 Å². The minimum absolute atomic E-state index is 0.0233. The van der Waals surface area contributed by atoms with Crippen LogP contribution in [0.4, 0.5) is 4.79 Å². The molecule has 0 saturated heterocycles. The van der Waals surface area contributed by atoms with Gasteiger partial charge in [-0.15, -0.1) is 0 Å². The van der Waals surface area contributed by atoms with E-state index in [1.807, 2.05) is 0 Å². The maximum atomic E-state index is 11.6. The lowest BCUT2D eigenvalue weighted by Gasteiger charge is -2.29. The van der Waals surface area contributed by atoms with Crippen LogP contribution in [0.1, 0.15) is 58.8 Å². The SMILES string of the molecule is CCCCNC(=O)NC1CCCC(CC)C1. The summed E-state index contributed by atoms with van der Waals surface area (Å²) in [6, 6.07) is 0.426. The van der Waals surface area contributed by atoms with Gasteiger partial charge >= 0.3 is 6.03 Å². The first kappa shape index (κ1) is 13.3. The predicted octanol–water partition coefficient (Wildman–Crippen LogP) is 3.05. The van der Waals surface area contributed by atoms with Crippen molar-refractivity contribution in [1.82, 2.24) is 10.6 Å². The second kappa shape index (κ2) is 7.53. The summed E-state index contributed by atoms with van der Waals surface area (Å²) in [7, 11) is 0. The summed E-state index contributed by atoms with van der Waals surface area (Å²) >= 11 is 0. The second-order valence-corrected chi connectivity index (χ2v) is 4.89. The van der Waals surface area contributed by atoms with Gasteiger partial charge in [0.2, 0.25) is 0 Å². The van der Waals surface area contributed by atoms with Crippen LogP contribution in [0.2, 0.25) is 0 Å². The van der Waals surface area contributed by atoms with E-state index >= 15 is 0 Å². The normalized spacial score (nSPS) is 25.1. The third-order valence-corrected chi connectivity index (χ3v) is 3.51. The molecule has 2 atom stereocenters. The van der Waals surface area contributed by atoms with Gasteiger partial charge in [-0.25, -0.2) is 4.79 Å². The third-order valence-electron chi connectivity index (χ3n) is 3.51. The van der Waals surface area contributed by atoms with Crippen molar-refractivity contribution in [2.75, 3.05) is 6.54 Å². The molecule has 0 aliphatic heterocycles. The number of carbonyl (C=O) groups is 1. The van der Waals surface area contributed by atoms with E-state index in [1.165, 1.54) is 19.3 Å². The molecule has 0 bridgehead atoms. The molecule has 2 amide bonds. The van der Waals surface area contributed by atoms with Crippen molar-refractivity contribution in [3.63, 3.8) is 0 Å². The fourth-order valence-electron chi connectivity index (χ4n) is 2.41. The first-order chi connectivity index (χ1) is 7.76. The predicted molar refractivity (Wildman–Crippen MR) is 67.5 cm³/mol. The molecular formula is C13H26N2O. The lowest BCUT2D eigenvalue weighted by molar-refractivity contribution is 0.224. The summed E-state index contributed by atoms with van der Waals surface area (Å²) in [4.78, 5) is 11.6. The summed E-state index contributed by atoms with van der Waals surface area (Å²) in [6.07, 6.45) is 8.35. The molecule has 0 heterocycles. The van der Waals surface area contributed by atoms with E-state index < -0.39 is 0 Å². The highest BCUT2D eigenvalue weighted by Crippen LogP contribution is 2.26. The van der Waals surface area contributed by atoms with E-state index in [4.69, 9.17) is 0 Å². The van der Waals surface area contributed by atoms with Crippen molar-refractivity contribution in [2.45, 2.75) is 64.8 Å². The van der Waals surface area contributed by atoms with Gasteiger partial charge in [-0.3, -0.25) is 0 Å². The van der Waals surface area contributed by atoms with Gasteiger partial charge < -0.3 is 10.6 Å². The van der Waals surface area contributed by atoms with E-state index in [0.29, 0.717) is 6.04 Å². The molecule has 3 nitrogen and oxygen atoms in total. The first-order valence-electron chi connectivity index (χ1n) is 6.80. The van der Waals surface area contributed by atoms with Crippen molar-refractivity contribution in [3.05, 3.63) is 0 Å². The van der Waals surface area contributed by atoms with Crippen LogP contribution < -0.4 is 10.6 Å². The molecule has 3 heteroatoms. The monoisotopic (exact) mass is 226 g/mol. The second-order valence-electron chi connectivity index (χ2n) is 4.89. The summed E-state index contributed by atoms with van der Waals surface area (Å²) in [6.45, 7) is 5.17. The van der Waals surface area contributed by atoms with Gasteiger partial charge in [0, 0.05) is 12.6 Å². The van der Waals surface area contributed by atoms with Crippen LogP contribution in [0, 0.1) is 5.92 Å². The number of hydrogen-bond acceptors (Lipinski definition) is 1. The fraction of sp³-hybridized carbons (Fsp3) is 0.923. The Labute approximate surface area is 99.4 Å². The zero-order chi connectivity index (χ0) is 11.8. The highest BCUT2D eigenvalue weighted by atomic mass is 16.2. The minimum Gasteiger partial charge on any atom is -0.338 e. The Kier molecular flexibility index (Phi) is 6.27. The fourth-order valence-corrected chi connectivity index (χ4v) is 2.41. The molecule has 1 rings (SSSR count). The van der Waals surface area contributed by atoms with Crippen molar-refractivity contribution < 1.29 is 4.79 Å². The van der Waals surface area contributed by atoms with Crippen molar-refractivity contribution in [1.29, 1.82) is 0 Å². The molecule has 0 aromatic carbocycles. The van der Waals surface area contributed by atoms with Gasteiger partial charge in [-0.05, 0) is 25.2 Å². The number of hydrogen-bond donors (Lipinski definition) is 2. The lowest BCUT2D eigenvalue weighted by atomic mass is 9.84. The van der Waals surface area contributed by atoms with Gasteiger partial charge in [0.25, 0.3) is 0 Å². The highest BCUT2D eigenvalue weighted by Gasteiger charge is 2.21. The molecule has 16 heavy (non-hydrogen) atoms. The number of nitrogens with one attached hydrogen (secondary N) is 2. The van der Waals surface area contributed by atoms with Crippen molar-refractivity contribution >= 4 is 6.03 Å². The number of unbranched alkanes of at least 4 members (excludes halogenated alkanes) is 1. The van der Waals surface area contributed by atoms with Gasteiger partial charge in [0.05, 0.1) is 0 Å². The molecule has 1 aliphatic rings. The first-order valence-corrected chi connectivity index (χ1v) is 6.80. The summed E-state index contributed by atoms with van der Waals surface area (Å²) in [5.41, 5.74) is 0. The summed E-state index contributed by atoms with van der Waals surface area (Å²) < 4.78 is 0. The molecule has 0 aromatic rings. The lowest BCUT2D eigenvalue weighted by Crippen LogP contribution is -2.44. The van der Waals surface area contributed by atoms with Crippen molar-refractivity contribution in [3.8, 4) is 0 Å². The molecule has 1 aliphatic carbocycles. The Morgan fingerprint density at radius 2 is 2.12 bits per heavy atom. The summed E-state index contributed by atoms with van der Waals surface area (Å²) in [5.74, 6) is 0.815. The van der Waals surface area contributed by atoms with Crippen molar-refractivity contribution in [2.24, 2.45) is 5.92 Å². The zero-order valence-electron chi connectivity index (χ0n) is 10.7. The average Bonchev–Trinajstić information content (AvgIpc) is 2.29. The van der Waals surface area contributed by atoms with E-state index in [-0.39, 0.29) is 6.03 Å². The van der Waals surface area contributed by atoms with Gasteiger partial charge in [0.1, 0.15) is 0 Å². The van der Waals surface area contributed by atoms with E-state index in [9.17, 15) is 4.79 Å². The van der Waals surface area contributed by atoms with E-state index in [0.717, 1.165) is 38.1 Å². The highest BCUT2D eigenvalue weighted by molar-refractivity contribution is 5.74. The maximum absolute atomic E-state index is 11.6. The Morgan fingerprint density at radius 3 is 2.81 bits per heavy atom. The van der Waals surface area contributed by atoms with Crippen LogP contribution in [0.25, 0.3) is 0 Å². The van der Waals surface area contributed by atoms with Crippen LogP contribution in [-0.2, 0) is 0 Å². The Bertz CT molecular complexity index is 206. The Morgan fingerprint density at radius 1 is 1.31 bits per heavy atom. The van der Waals surface area contributed by atoms with Gasteiger partial charge in [0.15, 0.2) is 0 Å². The maximum Gasteiger partial charge on any atom is 0.315 e. The number of urea groups is 1. The quantitative estimate of drug-likeness (QED) is 0.695. The number of rotatable bonds is 5. The molecule has 0 spiro atoms. The zero-order valence-corrected chi connectivity index (χ0v) is 10.7. The smallest absolute Gasteiger partial charge is 0.315 e. The van der Waals surface area contributed by atoms with Crippen LogP contribution in [0.15, 0.2) is 0 Å². The van der Waals surface area contributed by atoms with Crippen LogP contribution >= 0.6 is 0 Å². The molecular weight excluding hydrogens is 200 g/mol. The molecule has 2 N–H and O–H groups in total. The number of carbonyl (C=O) groups excluding carboxylic acids is 1. The molecule has 0 aromatic heterocycles. The molecule has 1 fully saturated rings. The van der Waals surface area contributed by atoms with Crippen LogP contribution in [0.5, 0.6) is 0 Å². The average molecular weight is 226 g/mol.